The highest BCUT2D eigenvalue weighted by Gasteiger charge is 2.23. The highest BCUT2D eigenvalue weighted by Crippen LogP contribution is 2.40. The van der Waals surface area contributed by atoms with Crippen molar-refractivity contribution in [2.75, 3.05) is 33.3 Å². The molecule has 246 valence electrons. The number of benzene rings is 3. The van der Waals surface area contributed by atoms with E-state index in [1.165, 1.54) is 6.92 Å². The Labute approximate surface area is 271 Å². The number of hydrogen-bond donors (Lipinski definition) is 1. The number of carbonyl (C=O) groups excluding carboxylic acids is 2. The second kappa shape index (κ2) is 16.2. The Morgan fingerprint density at radius 3 is 2.04 bits per heavy atom. The zero-order valence-corrected chi connectivity index (χ0v) is 27.6. The molecular formula is C37H45NO8. The maximum absolute atomic E-state index is 12.1. The first-order valence-corrected chi connectivity index (χ1v) is 15.7. The summed E-state index contributed by atoms with van der Waals surface area (Å²) in [6.07, 6.45) is 1.34. The van der Waals surface area contributed by atoms with E-state index in [1.807, 2.05) is 66.7 Å². The Morgan fingerprint density at radius 1 is 0.848 bits per heavy atom. The first-order valence-electron chi connectivity index (χ1n) is 15.7. The van der Waals surface area contributed by atoms with Gasteiger partial charge in [-0.05, 0) is 104 Å². The molecule has 1 atom stereocenters. The topological polar surface area (TPSA) is 102 Å². The number of fused-ring (bicyclic) bond motifs is 1. The van der Waals surface area contributed by atoms with Crippen LogP contribution in [0.25, 0.3) is 11.1 Å². The van der Waals surface area contributed by atoms with E-state index < -0.39 is 11.5 Å². The summed E-state index contributed by atoms with van der Waals surface area (Å²) in [5, 5.41) is 3.28. The van der Waals surface area contributed by atoms with Gasteiger partial charge in [0.15, 0.2) is 11.5 Å². The van der Waals surface area contributed by atoms with Crippen molar-refractivity contribution in [3.8, 4) is 23.0 Å². The Hall–Kier alpha value is -4.50. The first kappa shape index (κ1) is 34.4. The van der Waals surface area contributed by atoms with Crippen molar-refractivity contribution in [3.05, 3.63) is 83.4 Å². The van der Waals surface area contributed by atoms with E-state index in [-0.39, 0.29) is 32.1 Å². The molecule has 0 saturated heterocycles. The van der Waals surface area contributed by atoms with E-state index in [1.54, 1.807) is 20.8 Å². The van der Waals surface area contributed by atoms with Gasteiger partial charge in [0.05, 0.1) is 5.41 Å². The largest absolute Gasteiger partial charge is 0.490 e. The zero-order chi connectivity index (χ0) is 33.1. The van der Waals surface area contributed by atoms with Gasteiger partial charge in [0, 0.05) is 13.5 Å². The van der Waals surface area contributed by atoms with Crippen molar-refractivity contribution in [1.82, 2.24) is 5.32 Å². The van der Waals surface area contributed by atoms with Crippen LogP contribution in [0.3, 0.4) is 0 Å². The van der Waals surface area contributed by atoms with Gasteiger partial charge in [-0.2, -0.15) is 0 Å². The number of esters is 2. The molecule has 0 radical (unpaired) electrons. The Bertz CT molecular complexity index is 1490. The predicted molar refractivity (Wildman–Crippen MR) is 177 cm³/mol. The molecule has 3 aromatic rings. The molecule has 1 N–H and O–H groups in total. The SMILES string of the molecule is CCCNCC(COc1ccc(/C(=C(/CC)c2ccc3c(c2)OCO3)c2ccc(OCOC(=O)C(C)(C)C)cc2)cc1)OC(C)=O. The summed E-state index contributed by atoms with van der Waals surface area (Å²) >= 11 is 0. The van der Waals surface area contributed by atoms with Crippen LogP contribution in [0.4, 0.5) is 0 Å². The fourth-order valence-electron chi connectivity index (χ4n) is 4.93. The normalized spacial score (nSPS) is 13.4. The molecule has 0 amide bonds. The molecule has 4 rings (SSSR count). The van der Waals surface area contributed by atoms with Crippen molar-refractivity contribution < 1.29 is 38.0 Å². The van der Waals surface area contributed by atoms with Crippen molar-refractivity contribution in [2.24, 2.45) is 5.41 Å². The number of rotatable bonds is 15. The maximum Gasteiger partial charge on any atom is 0.314 e. The van der Waals surface area contributed by atoms with Gasteiger partial charge in [0.1, 0.15) is 24.2 Å². The molecular weight excluding hydrogens is 586 g/mol. The Morgan fingerprint density at radius 2 is 1.46 bits per heavy atom. The molecule has 0 spiro atoms. The number of nitrogens with one attached hydrogen (secondary N) is 1. The Balaban J connectivity index is 1.60. The second-order valence-electron chi connectivity index (χ2n) is 12.0. The quantitative estimate of drug-likeness (QED) is 0.0821. The van der Waals surface area contributed by atoms with Crippen LogP contribution in [0, 0.1) is 5.41 Å². The third-order valence-electron chi connectivity index (χ3n) is 7.26. The molecule has 9 nitrogen and oxygen atoms in total. The number of ether oxygens (including phenoxy) is 6. The van der Waals surface area contributed by atoms with Crippen LogP contribution in [0.1, 0.15) is 71.1 Å². The molecule has 46 heavy (non-hydrogen) atoms. The van der Waals surface area contributed by atoms with Gasteiger partial charge in [-0.25, -0.2) is 0 Å². The van der Waals surface area contributed by atoms with Gasteiger partial charge in [-0.1, -0.05) is 44.2 Å². The van der Waals surface area contributed by atoms with Crippen LogP contribution in [0.5, 0.6) is 23.0 Å². The van der Waals surface area contributed by atoms with E-state index >= 15 is 0 Å². The summed E-state index contributed by atoms with van der Waals surface area (Å²) in [6, 6.07) is 21.6. The third-order valence-corrected chi connectivity index (χ3v) is 7.26. The molecule has 3 aromatic carbocycles. The molecule has 9 heteroatoms. The molecule has 1 heterocycles. The minimum absolute atomic E-state index is 0.163. The summed E-state index contributed by atoms with van der Waals surface area (Å²) < 4.78 is 33.7. The monoisotopic (exact) mass is 631 g/mol. The summed E-state index contributed by atoms with van der Waals surface area (Å²) in [7, 11) is 0. The summed E-state index contributed by atoms with van der Waals surface area (Å²) in [5.74, 6) is 2.04. The number of allylic oxidation sites excluding steroid dienone is 1. The van der Waals surface area contributed by atoms with Gasteiger partial charge in [0.25, 0.3) is 0 Å². The van der Waals surface area contributed by atoms with Gasteiger partial charge in [-0.3, -0.25) is 9.59 Å². The highest BCUT2D eigenvalue weighted by atomic mass is 16.7. The van der Waals surface area contributed by atoms with Crippen LogP contribution in [-0.4, -0.2) is 51.3 Å². The number of carbonyl (C=O) groups is 2. The van der Waals surface area contributed by atoms with E-state index in [4.69, 9.17) is 28.4 Å². The maximum atomic E-state index is 12.1. The molecule has 1 aliphatic heterocycles. The molecule has 1 aliphatic rings. The smallest absolute Gasteiger partial charge is 0.314 e. The predicted octanol–water partition coefficient (Wildman–Crippen LogP) is 7.02. The lowest BCUT2D eigenvalue weighted by atomic mass is 9.88. The standard InChI is InChI=1S/C37H45NO8/c1-7-19-38-21-31(46-25(3)39)22-41-29-14-9-26(10-15-29)35(32(8-2)28-13-18-33-34(20-28)44-24-43-33)27-11-16-30(17-12-27)42-23-45-36(40)37(4,5)6/h9-18,20,31,38H,7-8,19,21-24H2,1-6H3/b35-32+. The second-order valence-corrected chi connectivity index (χ2v) is 12.0. The first-order chi connectivity index (χ1) is 22.1. The molecule has 0 aromatic heterocycles. The van der Waals surface area contributed by atoms with Crippen LogP contribution in [0.2, 0.25) is 0 Å². The molecule has 1 unspecified atom stereocenters. The van der Waals surface area contributed by atoms with Crippen molar-refractivity contribution in [3.63, 3.8) is 0 Å². The van der Waals surface area contributed by atoms with Gasteiger partial charge in [-0.15, -0.1) is 0 Å². The van der Waals surface area contributed by atoms with Gasteiger partial charge < -0.3 is 33.7 Å². The summed E-state index contributed by atoms with van der Waals surface area (Å²) in [5.41, 5.74) is 4.57. The van der Waals surface area contributed by atoms with Crippen molar-refractivity contribution in [2.45, 2.75) is 60.5 Å². The Kier molecular flexibility index (Phi) is 12.1. The fourth-order valence-corrected chi connectivity index (χ4v) is 4.93. The molecule has 0 aliphatic carbocycles. The average Bonchev–Trinajstić information content (AvgIpc) is 3.51. The van der Waals surface area contributed by atoms with Crippen LogP contribution >= 0.6 is 0 Å². The minimum Gasteiger partial charge on any atom is -0.490 e. The minimum atomic E-state index is -0.603. The van der Waals surface area contributed by atoms with Crippen molar-refractivity contribution in [1.29, 1.82) is 0 Å². The third kappa shape index (κ3) is 9.50. The van der Waals surface area contributed by atoms with E-state index in [9.17, 15) is 9.59 Å². The van der Waals surface area contributed by atoms with E-state index in [2.05, 4.69) is 19.2 Å². The summed E-state index contributed by atoms with van der Waals surface area (Å²) in [6.45, 7) is 12.6. The summed E-state index contributed by atoms with van der Waals surface area (Å²) in [4.78, 5) is 23.7. The average molecular weight is 632 g/mol. The lowest BCUT2D eigenvalue weighted by Gasteiger charge is -2.19. The van der Waals surface area contributed by atoms with Crippen LogP contribution in [0.15, 0.2) is 66.7 Å². The highest BCUT2D eigenvalue weighted by molar-refractivity contribution is 5.99. The van der Waals surface area contributed by atoms with Crippen LogP contribution in [-0.2, 0) is 19.1 Å². The zero-order valence-electron chi connectivity index (χ0n) is 27.6. The molecule has 0 saturated carbocycles. The molecule has 0 bridgehead atoms. The molecule has 0 fully saturated rings. The lowest BCUT2D eigenvalue weighted by molar-refractivity contribution is -0.159. The van der Waals surface area contributed by atoms with E-state index in [0.717, 1.165) is 58.7 Å². The fraction of sp³-hybridized carbons (Fsp3) is 0.405. The van der Waals surface area contributed by atoms with E-state index in [0.29, 0.717) is 18.0 Å². The van der Waals surface area contributed by atoms with Gasteiger partial charge >= 0.3 is 11.9 Å². The van der Waals surface area contributed by atoms with Crippen LogP contribution < -0.4 is 24.3 Å². The lowest BCUT2D eigenvalue weighted by Crippen LogP contribution is -2.35. The van der Waals surface area contributed by atoms with Crippen molar-refractivity contribution >= 4 is 23.1 Å². The number of hydrogen-bond acceptors (Lipinski definition) is 9. The van der Waals surface area contributed by atoms with Gasteiger partial charge in [0.2, 0.25) is 13.6 Å².